The van der Waals surface area contributed by atoms with Gasteiger partial charge in [0.05, 0.1) is 22.8 Å². The molecule has 0 aliphatic heterocycles. The Labute approximate surface area is 129 Å². The number of aryl methyl sites for hydroxylation is 1. The molecule has 2 aromatic heterocycles. The Morgan fingerprint density at radius 2 is 1.57 bits per heavy atom. The molecule has 0 aliphatic rings. The van der Waals surface area contributed by atoms with E-state index in [4.69, 9.17) is 0 Å². The molecule has 0 amide bonds. The van der Waals surface area contributed by atoms with Gasteiger partial charge in [0.1, 0.15) is 0 Å². The third-order valence-electron chi connectivity index (χ3n) is 3.94. The van der Waals surface area contributed by atoms with Gasteiger partial charge in [0.2, 0.25) is 5.78 Å². The summed E-state index contributed by atoms with van der Waals surface area (Å²) in [7, 11) is 0. The lowest BCUT2D eigenvalue weighted by Crippen LogP contribution is -2.05. The van der Waals surface area contributed by atoms with Crippen LogP contribution in [-0.2, 0) is 6.18 Å². The summed E-state index contributed by atoms with van der Waals surface area (Å²) in [4.78, 5) is 4.41. The molecule has 23 heavy (non-hydrogen) atoms. The average Bonchev–Trinajstić information content (AvgIpc) is 3.05. The van der Waals surface area contributed by atoms with Crippen molar-refractivity contribution < 1.29 is 13.2 Å². The molecule has 0 aliphatic carbocycles. The highest BCUT2D eigenvalue weighted by Gasteiger charge is 2.30. The Bertz CT molecular complexity index is 1010. The highest BCUT2D eigenvalue weighted by molar-refractivity contribution is 5.83. The summed E-state index contributed by atoms with van der Waals surface area (Å²) >= 11 is 0. The predicted octanol–water partition coefficient (Wildman–Crippen LogP) is 4.61. The normalized spacial score (nSPS) is 12.3. The summed E-state index contributed by atoms with van der Waals surface area (Å²) in [6.45, 7) is 1.95. The number of aromatic nitrogens is 3. The van der Waals surface area contributed by atoms with Crippen LogP contribution < -0.4 is 0 Å². The molecular weight excluding hydrogens is 303 g/mol. The maximum absolute atomic E-state index is 12.7. The van der Waals surface area contributed by atoms with Crippen molar-refractivity contribution in [2.45, 2.75) is 13.1 Å². The van der Waals surface area contributed by atoms with Crippen molar-refractivity contribution in [2.75, 3.05) is 0 Å². The van der Waals surface area contributed by atoms with Crippen LogP contribution in [0.15, 0.2) is 54.7 Å². The lowest BCUT2D eigenvalue weighted by atomic mass is 10.2. The zero-order valence-corrected chi connectivity index (χ0v) is 12.2. The molecule has 4 aromatic rings. The van der Waals surface area contributed by atoms with Crippen LogP contribution in [0.4, 0.5) is 13.2 Å². The highest BCUT2D eigenvalue weighted by atomic mass is 19.4. The van der Waals surface area contributed by atoms with Crippen LogP contribution in [-0.4, -0.2) is 14.0 Å². The predicted molar refractivity (Wildman–Crippen MR) is 81.8 cm³/mol. The molecule has 0 N–H and O–H groups in total. The number of hydrogen-bond donors (Lipinski definition) is 0. The molecule has 0 saturated heterocycles. The highest BCUT2D eigenvalue weighted by Crippen LogP contribution is 2.31. The van der Waals surface area contributed by atoms with E-state index in [1.54, 1.807) is 6.20 Å². The maximum Gasteiger partial charge on any atom is 0.416 e. The summed E-state index contributed by atoms with van der Waals surface area (Å²) in [5, 5.41) is 0. The molecule has 0 atom stereocenters. The molecule has 4 rings (SSSR count). The molecule has 6 heteroatoms. The van der Waals surface area contributed by atoms with Gasteiger partial charge in [-0.25, -0.2) is 4.98 Å². The molecule has 0 spiro atoms. The fourth-order valence-corrected chi connectivity index (χ4v) is 2.88. The van der Waals surface area contributed by atoms with E-state index in [-0.39, 0.29) is 0 Å². The molecule has 2 aromatic carbocycles. The quantitative estimate of drug-likeness (QED) is 0.503. The topological polar surface area (TPSA) is 22.2 Å². The minimum Gasteiger partial charge on any atom is -0.281 e. The fraction of sp³-hybridized carbons (Fsp3) is 0.118. The van der Waals surface area contributed by atoms with Gasteiger partial charge in [-0.05, 0) is 43.3 Å². The van der Waals surface area contributed by atoms with Crippen molar-refractivity contribution in [3.63, 3.8) is 0 Å². The minimum absolute atomic E-state index is 0.648. The molecule has 116 valence electrons. The number of nitrogens with zero attached hydrogens (tertiary/aromatic N) is 3. The Hall–Kier alpha value is -2.76. The molecule has 3 nitrogen and oxygen atoms in total. The monoisotopic (exact) mass is 315 g/mol. The number of imidazole rings is 2. The van der Waals surface area contributed by atoms with Crippen molar-refractivity contribution >= 4 is 16.8 Å². The Balaban J connectivity index is 2.00. The van der Waals surface area contributed by atoms with Crippen LogP contribution >= 0.6 is 0 Å². The number of fused-ring (bicyclic) bond motifs is 3. The molecule has 0 radical (unpaired) electrons. The van der Waals surface area contributed by atoms with Gasteiger partial charge in [-0.2, -0.15) is 13.2 Å². The molecule has 0 bridgehead atoms. The van der Waals surface area contributed by atoms with Crippen molar-refractivity contribution in [2.24, 2.45) is 0 Å². The maximum atomic E-state index is 12.7. The fourth-order valence-electron chi connectivity index (χ4n) is 2.88. The largest absolute Gasteiger partial charge is 0.416 e. The van der Waals surface area contributed by atoms with E-state index in [1.807, 2.05) is 40.2 Å². The Morgan fingerprint density at radius 3 is 2.22 bits per heavy atom. The first-order chi connectivity index (χ1) is 11.0. The molecule has 0 saturated carbocycles. The van der Waals surface area contributed by atoms with Crippen LogP contribution in [0.3, 0.4) is 0 Å². The van der Waals surface area contributed by atoms with Gasteiger partial charge in [-0.1, -0.05) is 12.1 Å². The Kier molecular flexibility index (Phi) is 2.78. The zero-order chi connectivity index (χ0) is 16.2. The second-order valence-corrected chi connectivity index (χ2v) is 5.40. The third kappa shape index (κ3) is 2.02. The van der Waals surface area contributed by atoms with Gasteiger partial charge in [-0.15, -0.1) is 0 Å². The van der Waals surface area contributed by atoms with Gasteiger partial charge in [0, 0.05) is 11.4 Å². The van der Waals surface area contributed by atoms with E-state index in [2.05, 4.69) is 4.98 Å². The van der Waals surface area contributed by atoms with Gasteiger partial charge in [0.25, 0.3) is 0 Å². The van der Waals surface area contributed by atoms with Crippen LogP contribution in [0.25, 0.3) is 22.5 Å². The van der Waals surface area contributed by atoms with Gasteiger partial charge < -0.3 is 0 Å². The van der Waals surface area contributed by atoms with Crippen molar-refractivity contribution in [3.8, 4) is 5.69 Å². The summed E-state index contributed by atoms with van der Waals surface area (Å²) < 4.78 is 42.1. The number of para-hydroxylation sites is 2. The summed E-state index contributed by atoms with van der Waals surface area (Å²) in [5.74, 6) is 0.684. The van der Waals surface area contributed by atoms with E-state index in [0.29, 0.717) is 11.5 Å². The lowest BCUT2D eigenvalue weighted by molar-refractivity contribution is -0.137. The first kappa shape index (κ1) is 13.9. The zero-order valence-electron chi connectivity index (χ0n) is 12.2. The van der Waals surface area contributed by atoms with E-state index in [0.717, 1.165) is 28.9 Å². The molecule has 0 unspecified atom stereocenters. The standard InChI is InChI=1S/C17H12F3N3/c1-11-10-21-16-22(11)14-4-2-3-5-15(14)23(16)13-8-6-12(7-9-13)17(18,19)20/h2-10H,1H3. The number of hydrogen-bond acceptors (Lipinski definition) is 1. The third-order valence-corrected chi connectivity index (χ3v) is 3.94. The van der Waals surface area contributed by atoms with E-state index >= 15 is 0 Å². The van der Waals surface area contributed by atoms with Crippen LogP contribution in [0.5, 0.6) is 0 Å². The molecule has 0 fully saturated rings. The summed E-state index contributed by atoms with van der Waals surface area (Å²) in [6.07, 6.45) is -2.58. The first-order valence-electron chi connectivity index (χ1n) is 7.08. The van der Waals surface area contributed by atoms with Gasteiger partial charge in [-0.3, -0.25) is 8.97 Å². The lowest BCUT2D eigenvalue weighted by Gasteiger charge is -2.09. The minimum atomic E-state index is -4.34. The van der Waals surface area contributed by atoms with Crippen molar-refractivity contribution in [1.29, 1.82) is 0 Å². The van der Waals surface area contributed by atoms with Crippen molar-refractivity contribution in [3.05, 3.63) is 66.0 Å². The van der Waals surface area contributed by atoms with Crippen LogP contribution in [0.1, 0.15) is 11.3 Å². The van der Waals surface area contributed by atoms with Crippen LogP contribution in [0, 0.1) is 6.92 Å². The second kappa shape index (κ2) is 4.62. The number of halogens is 3. The Morgan fingerprint density at radius 1 is 0.913 bits per heavy atom. The SMILES string of the molecule is Cc1cnc2n(-c3ccc(C(F)(F)F)cc3)c3ccccc3n12. The molecular formula is C17H12F3N3. The number of rotatable bonds is 1. The van der Waals surface area contributed by atoms with E-state index in [9.17, 15) is 13.2 Å². The van der Waals surface area contributed by atoms with E-state index in [1.165, 1.54) is 12.1 Å². The van der Waals surface area contributed by atoms with Gasteiger partial charge >= 0.3 is 6.18 Å². The van der Waals surface area contributed by atoms with Crippen LogP contribution in [0.2, 0.25) is 0 Å². The summed E-state index contributed by atoms with van der Waals surface area (Å²) in [5.41, 5.74) is 2.83. The number of benzene rings is 2. The summed E-state index contributed by atoms with van der Waals surface area (Å²) in [6, 6.07) is 12.9. The van der Waals surface area contributed by atoms with E-state index < -0.39 is 11.7 Å². The van der Waals surface area contributed by atoms with Gasteiger partial charge in [0.15, 0.2) is 0 Å². The number of alkyl halides is 3. The second-order valence-electron chi connectivity index (χ2n) is 5.40. The first-order valence-corrected chi connectivity index (χ1v) is 7.08. The average molecular weight is 315 g/mol. The molecule has 2 heterocycles. The smallest absolute Gasteiger partial charge is 0.281 e. The van der Waals surface area contributed by atoms with Crippen molar-refractivity contribution in [1.82, 2.24) is 14.0 Å².